The fourth-order valence-electron chi connectivity index (χ4n) is 3.35. The number of imidazole rings is 1. The highest BCUT2D eigenvalue weighted by Crippen LogP contribution is 2.25. The van der Waals surface area contributed by atoms with Crippen LogP contribution in [-0.4, -0.2) is 40.0 Å². The number of amides is 1. The third kappa shape index (κ3) is 2.54. The second-order valence-corrected chi connectivity index (χ2v) is 6.09. The van der Waals surface area contributed by atoms with Gasteiger partial charge in [-0.15, -0.1) is 0 Å². The van der Waals surface area contributed by atoms with Gasteiger partial charge < -0.3 is 19.5 Å². The van der Waals surface area contributed by atoms with Crippen LogP contribution >= 0.6 is 0 Å². The van der Waals surface area contributed by atoms with E-state index < -0.39 is 0 Å². The Labute approximate surface area is 135 Å². The number of hydrogen-bond donors (Lipinski definition) is 1. The fourth-order valence-corrected chi connectivity index (χ4v) is 3.35. The summed E-state index contributed by atoms with van der Waals surface area (Å²) < 4.78 is 7.42. The summed E-state index contributed by atoms with van der Waals surface area (Å²) in [7, 11) is 1.96. The molecular weight excluding hydrogens is 292 g/mol. The van der Waals surface area contributed by atoms with E-state index >= 15 is 0 Å². The molecule has 6 heteroatoms. The number of nitrogens with zero attached hydrogens (tertiary/aromatic N) is 3. The van der Waals surface area contributed by atoms with E-state index in [9.17, 15) is 4.79 Å². The minimum absolute atomic E-state index is 0.0410. The van der Waals surface area contributed by atoms with Crippen LogP contribution < -0.4 is 5.32 Å². The second-order valence-electron chi connectivity index (χ2n) is 6.09. The van der Waals surface area contributed by atoms with Crippen molar-refractivity contribution in [2.24, 2.45) is 7.05 Å². The molecule has 1 amide bonds. The molecule has 1 fully saturated rings. The second kappa shape index (κ2) is 5.79. The lowest BCUT2D eigenvalue weighted by Gasteiger charge is -2.35. The number of hydrogen-bond acceptors (Lipinski definition) is 4. The van der Waals surface area contributed by atoms with Gasteiger partial charge in [-0.1, -0.05) is 6.07 Å². The zero-order valence-electron chi connectivity index (χ0n) is 13.2. The van der Waals surface area contributed by atoms with Crippen molar-refractivity contribution in [1.29, 1.82) is 0 Å². The van der Waals surface area contributed by atoms with Gasteiger partial charge in [0.05, 0.1) is 13.2 Å². The maximum Gasteiger partial charge on any atom is 0.254 e. The Morgan fingerprint density at radius 3 is 3.04 bits per heavy atom. The topological polar surface area (TPSA) is 59.4 Å². The van der Waals surface area contributed by atoms with Crippen molar-refractivity contribution in [3.05, 3.63) is 53.1 Å². The summed E-state index contributed by atoms with van der Waals surface area (Å²) in [6.07, 6.45) is 3.69. The first-order chi connectivity index (χ1) is 11.2. The zero-order chi connectivity index (χ0) is 15.8. The molecular formula is C17H20N4O2. The van der Waals surface area contributed by atoms with Gasteiger partial charge in [0.25, 0.3) is 5.91 Å². The molecule has 0 bridgehead atoms. The summed E-state index contributed by atoms with van der Waals surface area (Å²) in [5.41, 5.74) is 3.04. The van der Waals surface area contributed by atoms with Crippen molar-refractivity contribution in [2.45, 2.75) is 19.3 Å². The van der Waals surface area contributed by atoms with E-state index in [4.69, 9.17) is 4.74 Å². The summed E-state index contributed by atoms with van der Waals surface area (Å²) in [6, 6.07) is 5.85. The number of piperazine rings is 1. The van der Waals surface area contributed by atoms with Crippen LogP contribution in [0.1, 0.15) is 33.4 Å². The summed E-state index contributed by atoms with van der Waals surface area (Å²) >= 11 is 0. The Hall–Kier alpha value is -2.18. The minimum Gasteiger partial charge on any atom is -0.372 e. The van der Waals surface area contributed by atoms with Gasteiger partial charge in [0.1, 0.15) is 11.9 Å². The van der Waals surface area contributed by atoms with Gasteiger partial charge in [-0.25, -0.2) is 4.98 Å². The molecule has 1 unspecified atom stereocenters. The number of carbonyl (C=O) groups excluding carboxylic acids is 1. The molecule has 120 valence electrons. The zero-order valence-corrected chi connectivity index (χ0v) is 13.2. The number of nitrogens with one attached hydrogen (secondary N) is 1. The van der Waals surface area contributed by atoms with E-state index in [2.05, 4.69) is 10.3 Å². The Kier molecular flexibility index (Phi) is 3.63. The maximum absolute atomic E-state index is 13.0. The first kappa shape index (κ1) is 14.4. The summed E-state index contributed by atoms with van der Waals surface area (Å²) in [5, 5.41) is 3.36. The van der Waals surface area contributed by atoms with Gasteiger partial charge in [0.15, 0.2) is 0 Å². The van der Waals surface area contributed by atoms with E-state index in [-0.39, 0.29) is 11.9 Å². The minimum atomic E-state index is -0.0410. The number of ether oxygens (including phenoxy) is 1. The number of aryl methyl sites for hydroxylation is 1. The molecule has 2 aliphatic heterocycles. The van der Waals surface area contributed by atoms with Gasteiger partial charge in [0.2, 0.25) is 0 Å². The number of fused-ring (bicyclic) bond motifs is 1. The van der Waals surface area contributed by atoms with Gasteiger partial charge in [0, 0.05) is 44.6 Å². The lowest BCUT2D eigenvalue weighted by atomic mass is 10.0. The number of benzene rings is 1. The molecule has 3 heterocycles. The van der Waals surface area contributed by atoms with Gasteiger partial charge in [-0.2, -0.15) is 0 Å². The van der Waals surface area contributed by atoms with Crippen molar-refractivity contribution in [3.63, 3.8) is 0 Å². The lowest BCUT2D eigenvalue weighted by Crippen LogP contribution is -2.49. The molecule has 1 aromatic heterocycles. The van der Waals surface area contributed by atoms with Crippen molar-refractivity contribution < 1.29 is 9.53 Å². The summed E-state index contributed by atoms with van der Waals surface area (Å²) in [6.45, 7) is 3.46. The van der Waals surface area contributed by atoms with Crippen molar-refractivity contribution >= 4 is 5.91 Å². The molecule has 0 spiro atoms. The average Bonchev–Trinajstić information content (AvgIpc) is 3.22. The number of rotatable bonds is 2. The average molecular weight is 312 g/mol. The van der Waals surface area contributed by atoms with E-state index in [1.807, 2.05) is 40.9 Å². The van der Waals surface area contributed by atoms with Gasteiger partial charge in [-0.05, 0) is 23.3 Å². The SMILES string of the molecule is Cn1ccnc1C1CNCCN1C(=O)c1ccc2c(c1)COC2. The van der Waals surface area contributed by atoms with Crippen LogP contribution in [0.2, 0.25) is 0 Å². The summed E-state index contributed by atoms with van der Waals surface area (Å²) in [4.78, 5) is 19.4. The predicted octanol–water partition coefficient (Wildman–Crippen LogP) is 1.24. The molecule has 2 aliphatic rings. The smallest absolute Gasteiger partial charge is 0.254 e. The van der Waals surface area contributed by atoms with Crippen LogP contribution in [0.15, 0.2) is 30.6 Å². The molecule has 4 rings (SSSR count). The first-order valence-corrected chi connectivity index (χ1v) is 7.92. The summed E-state index contributed by atoms with van der Waals surface area (Å²) in [5.74, 6) is 0.976. The van der Waals surface area contributed by atoms with Gasteiger partial charge in [-0.3, -0.25) is 4.79 Å². The van der Waals surface area contributed by atoms with Crippen LogP contribution in [0.4, 0.5) is 0 Å². The highest BCUT2D eigenvalue weighted by Gasteiger charge is 2.31. The van der Waals surface area contributed by atoms with E-state index in [1.165, 1.54) is 5.56 Å². The Morgan fingerprint density at radius 1 is 1.35 bits per heavy atom. The van der Waals surface area contributed by atoms with Crippen LogP contribution in [-0.2, 0) is 25.0 Å². The molecule has 0 aliphatic carbocycles. The molecule has 0 radical (unpaired) electrons. The third-order valence-electron chi connectivity index (χ3n) is 4.63. The maximum atomic E-state index is 13.0. The van der Waals surface area contributed by atoms with Crippen molar-refractivity contribution in [1.82, 2.24) is 19.8 Å². The molecule has 1 saturated heterocycles. The highest BCUT2D eigenvalue weighted by atomic mass is 16.5. The molecule has 1 aromatic carbocycles. The highest BCUT2D eigenvalue weighted by molar-refractivity contribution is 5.95. The lowest BCUT2D eigenvalue weighted by molar-refractivity contribution is 0.0620. The van der Waals surface area contributed by atoms with Crippen molar-refractivity contribution in [2.75, 3.05) is 19.6 Å². The largest absolute Gasteiger partial charge is 0.372 e. The van der Waals surface area contributed by atoms with Crippen LogP contribution in [0.5, 0.6) is 0 Å². The Morgan fingerprint density at radius 2 is 2.22 bits per heavy atom. The molecule has 0 saturated carbocycles. The van der Waals surface area contributed by atoms with Crippen molar-refractivity contribution in [3.8, 4) is 0 Å². The number of aromatic nitrogens is 2. The van der Waals surface area contributed by atoms with E-state index in [0.717, 1.165) is 30.0 Å². The number of carbonyl (C=O) groups is 1. The Balaban J connectivity index is 1.64. The van der Waals surface area contributed by atoms with E-state index in [1.54, 1.807) is 6.20 Å². The van der Waals surface area contributed by atoms with Crippen LogP contribution in [0.3, 0.4) is 0 Å². The molecule has 1 atom stereocenters. The first-order valence-electron chi connectivity index (χ1n) is 7.92. The fraction of sp³-hybridized carbons (Fsp3) is 0.412. The van der Waals surface area contributed by atoms with E-state index in [0.29, 0.717) is 19.8 Å². The van der Waals surface area contributed by atoms with Gasteiger partial charge >= 0.3 is 0 Å². The molecule has 6 nitrogen and oxygen atoms in total. The standard InChI is InChI=1S/C17H20N4O2/c1-20-6-5-19-16(20)15-9-18-4-7-21(15)17(22)12-2-3-13-10-23-11-14(13)8-12/h2-3,5-6,8,15,18H,4,7,9-11H2,1H3. The molecule has 1 N–H and O–H groups in total. The van der Waals surface area contributed by atoms with Crippen LogP contribution in [0.25, 0.3) is 0 Å². The predicted molar refractivity (Wildman–Crippen MR) is 84.8 cm³/mol. The monoisotopic (exact) mass is 312 g/mol. The Bertz CT molecular complexity index is 740. The normalized spacial score (nSPS) is 20.6. The van der Waals surface area contributed by atoms with Crippen LogP contribution in [0, 0.1) is 0 Å². The third-order valence-corrected chi connectivity index (χ3v) is 4.63. The quantitative estimate of drug-likeness (QED) is 0.906. The molecule has 2 aromatic rings. The molecule has 23 heavy (non-hydrogen) atoms.